The number of hydrogen-bond acceptors (Lipinski definition) is 3. The van der Waals surface area contributed by atoms with E-state index in [-0.39, 0.29) is 42.5 Å². The number of alkyl halides is 1. The Labute approximate surface area is 260 Å². The summed E-state index contributed by atoms with van der Waals surface area (Å²) in [4.78, 5) is 22.8. The van der Waals surface area contributed by atoms with E-state index < -0.39 is 12.8 Å². The van der Waals surface area contributed by atoms with E-state index in [4.69, 9.17) is 9.84 Å². The van der Waals surface area contributed by atoms with Crippen molar-refractivity contribution in [1.29, 1.82) is 0 Å². The number of ether oxygens (including phenoxy) is 1. The molecule has 0 radical (unpaired) electrons. The lowest BCUT2D eigenvalue weighted by Crippen LogP contribution is -2.26. The average Bonchev–Trinajstić information content (AvgIpc) is 3.01. The maximum atomic E-state index is 12.5. The van der Waals surface area contributed by atoms with Crippen molar-refractivity contribution in [3.63, 3.8) is 0 Å². The van der Waals surface area contributed by atoms with Gasteiger partial charge < -0.3 is 15.2 Å². The van der Waals surface area contributed by atoms with E-state index in [0.717, 1.165) is 18.4 Å². The number of rotatable bonds is 14. The summed E-state index contributed by atoms with van der Waals surface area (Å²) in [6.07, 6.45) is 17.4. The van der Waals surface area contributed by atoms with Gasteiger partial charge in [-0.2, -0.15) is 0 Å². The molecule has 6 heteroatoms. The van der Waals surface area contributed by atoms with Gasteiger partial charge in [-0.25, -0.2) is 4.39 Å². The standard InChI is InChI=1S/C28H34FNO4.C6H12.C3H8/c1-5-19(3)26(14-12-23-11-13-25(34-18-29)17-21(23)6-2)20(4)22-7-9-24(10-8-22)28(33)30-16-15-27(31)32;1-4-6(3)5-2;1-3-2/h5-14,17,20-21,23,26H,2,15-16,18H2,1,3-4H3,(H,30,33)(H,31,32);3-5H2,1-2H3;3H2,1-2H3/b14-12+,19-5+;;. The molecule has 1 aliphatic rings. The van der Waals surface area contributed by atoms with Gasteiger partial charge >= 0.3 is 5.97 Å². The fourth-order valence-corrected chi connectivity index (χ4v) is 4.20. The Kier molecular flexibility index (Phi) is 20.9. The van der Waals surface area contributed by atoms with E-state index in [1.807, 2.05) is 37.3 Å². The van der Waals surface area contributed by atoms with Crippen molar-refractivity contribution in [2.24, 2.45) is 17.8 Å². The fourth-order valence-electron chi connectivity index (χ4n) is 4.20. The minimum atomic E-state index is -0.949. The molecule has 5 nitrogen and oxygen atoms in total. The lowest BCUT2D eigenvalue weighted by molar-refractivity contribution is -0.136. The van der Waals surface area contributed by atoms with Crippen molar-refractivity contribution >= 4 is 11.9 Å². The molecule has 1 aromatic rings. The van der Waals surface area contributed by atoms with Crippen molar-refractivity contribution in [1.82, 2.24) is 5.32 Å². The van der Waals surface area contributed by atoms with Crippen molar-refractivity contribution in [3.8, 4) is 0 Å². The predicted molar refractivity (Wildman–Crippen MR) is 179 cm³/mol. The summed E-state index contributed by atoms with van der Waals surface area (Å²) in [5.74, 6) is -0.303. The first kappa shape index (κ1) is 39.3. The Morgan fingerprint density at radius 1 is 1.12 bits per heavy atom. The van der Waals surface area contributed by atoms with Crippen molar-refractivity contribution < 1.29 is 23.8 Å². The molecule has 0 aromatic heterocycles. The number of benzene rings is 1. The van der Waals surface area contributed by atoms with Crippen LogP contribution in [0.15, 0.2) is 96.9 Å². The number of hydrogen-bond donors (Lipinski definition) is 2. The molecule has 4 atom stereocenters. The van der Waals surface area contributed by atoms with Crippen LogP contribution in [0.25, 0.3) is 0 Å². The third-order valence-electron chi connectivity index (χ3n) is 7.16. The van der Waals surface area contributed by atoms with Gasteiger partial charge in [0.15, 0.2) is 0 Å². The average molecular weight is 596 g/mol. The highest BCUT2D eigenvalue weighted by molar-refractivity contribution is 5.94. The second kappa shape index (κ2) is 22.9. The van der Waals surface area contributed by atoms with Gasteiger partial charge in [0.25, 0.3) is 5.91 Å². The van der Waals surface area contributed by atoms with E-state index in [2.05, 4.69) is 78.2 Å². The molecular formula is C37H54FNO4. The third kappa shape index (κ3) is 15.4. The smallest absolute Gasteiger partial charge is 0.305 e. The van der Waals surface area contributed by atoms with Gasteiger partial charge in [0.05, 0.1) is 6.42 Å². The number of nitrogens with one attached hydrogen (secondary N) is 1. The van der Waals surface area contributed by atoms with E-state index in [1.54, 1.807) is 18.2 Å². The Morgan fingerprint density at radius 3 is 2.19 bits per heavy atom. The van der Waals surface area contributed by atoms with Crippen molar-refractivity contribution in [2.75, 3.05) is 13.4 Å². The molecule has 2 rings (SSSR count). The molecule has 1 aromatic carbocycles. The maximum Gasteiger partial charge on any atom is 0.305 e. The number of amides is 1. The zero-order valence-electron chi connectivity index (χ0n) is 27.4. The Balaban J connectivity index is 0.00000171. The van der Waals surface area contributed by atoms with Crippen LogP contribution < -0.4 is 5.32 Å². The highest BCUT2D eigenvalue weighted by atomic mass is 19.1. The zero-order chi connectivity index (χ0) is 32.8. The minimum absolute atomic E-state index is 0.0172. The van der Waals surface area contributed by atoms with Crippen molar-refractivity contribution in [3.05, 3.63) is 108 Å². The lowest BCUT2D eigenvalue weighted by atomic mass is 9.80. The largest absolute Gasteiger partial charge is 0.481 e. The quantitative estimate of drug-likeness (QED) is 0.210. The van der Waals surface area contributed by atoms with Gasteiger partial charge in [0.1, 0.15) is 5.76 Å². The molecule has 2 N–H and O–H groups in total. The van der Waals surface area contributed by atoms with Crippen LogP contribution in [0.5, 0.6) is 0 Å². The summed E-state index contributed by atoms with van der Waals surface area (Å²) >= 11 is 0. The van der Waals surface area contributed by atoms with Gasteiger partial charge in [-0.05, 0) is 62.5 Å². The van der Waals surface area contributed by atoms with Crippen LogP contribution in [0.2, 0.25) is 0 Å². The van der Waals surface area contributed by atoms with Crippen LogP contribution in [-0.4, -0.2) is 30.4 Å². The first-order valence-electron chi connectivity index (χ1n) is 15.3. The lowest BCUT2D eigenvalue weighted by Gasteiger charge is -2.25. The van der Waals surface area contributed by atoms with Crippen LogP contribution in [0.1, 0.15) is 96.0 Å². The van der Waals surface area contributed by atoms with Crippen LogP contribution in [-0.2, 0) is 9.53 Å². The summed E-state index contributed by atoms with van der Waals surface area (Å²) in [6.45, 7) is 21.7. The molecule has 0 bridgehead atoms. The molecular weight excluding hydrogens is 541 g/mol. The number of allylic oxidation sites excluding steroid dienone is 9. The maximum absolute atomic E-state index is 12.5. The van der Waals surface area contributed by atoms with Crippen LogP contribution in [0.3, 0.4) is 0 Å². The Hall–Kier alpha value is -3.67. The molecule has 4 unspecified atom stereocenters. The highest BCUT2D eigenvalue weighted by Gasteiger charge is 2.21. The van der Waals surface area contributed by atoms with Crippen LogP contribution >= 0.6 is 0 Å². The minimum Gasteiger partial charge on any atom is -0.481 e. The third-order valence-corrected chi connectivity index (χ3v) is 7.16. The van der Waals surface area contributed by atoms with Gasteiger partial charge in [-0.1, -0.05) is 101 Å². The normalized spacial score (nSPS) is 17.3. The van der Waals surface area contributed by atoms with Crippen LogP contribution in [0.4, 0.5) is 4.39 Å². The van der Waals surface area contributed by atoms with E-state index in [1.165, 1.54) is 17.6 Å². The predicted octanol–water partition coefficient (Wildman–Crippen LogP) is 9.73. The molecule has 43 heavy (non-hydrogen) atoms. The summed E-state index contributed by atoms with van der Waals surface area (Å²) in [6, 6.07) is 7.42. The number of aliphatic carboxylic acids is 1. The highest BCUT2D eigenvalue weighted by Crippen LogP contribution is 2.33. The SMILES string of the molecule is C=C(CC)CC.C=CC1C=C(OCF)C=CC1/C=C/C(/C(C)=C/C)C(C)c1ccc(C(=O)NCCC(=O)O)cc1.CCC. The summed E-state index contributed by atoms with van der Waals surface area (Å²) in [5.41, 5.74) is 4.16. The fraction of sp³-hybridized carbons (Fsp3) is 0.459. The van der Waals surface area contributed by atoms with Crippen molar-refractivity contribution in [2.45, 2.75) is 80.1 Å². The molecule has 0 fully saturated rings. The number of carbonyl (C=O) groups is 2. The van der Waals surface area contributed by atoms with Gasteiger partial charge in [-0.3, -0.25) is 9.59 Å². The van der Waals surface area contributed by atoms with E-state index in [0.29, 0.717) is 11.3 Å². The second-order valence-corrected chi connectivity index (χ2v) is 10.5. The molecule has 0 heterocycles. The van der Waals surface area contributed by atoms with Crippen LogP contribution in [0, 0.1) is 17.8 Å². The number of carboxylic acids is 1. The Bertz CT molecular complexity index is 1110. The number of halogens is 1. The van der Waals surface area contributed by atoms with Gasteiger partial charge in [-0.15, -0.1) is 6.58 Å². The molecule has 0 spiro atoms. The Morgan fingerprint density at radius 2 is 1.72 bits per heavy atom. The van der Waals surface area contributed by atoms with E-state index >= 15 is 0 Å². The molecule has 1 aliphatic carbocycles. The first-order chi connectivity index (χ1) is 20.5. The number of carbonyl (C=O) groups excluding carboxylic acids is 1. The zero-order valence-corrected chi connectivity index (χ0v) is 27.4. The monoisotopic (exact) mass is 595 g/mol. The second-order valence-electron chi connectivity index (χ2n) is 10.5. The van der Waals surface area contributed by atoms with Gasteiger partial charge in [0.2, 0.25) is 6.86 Å². The topological polar surface area (TPSA) is 75.6 Å². The summed E-state index contributed by atoms with van der Waals surface area (Å²) in [5, 5.41) is 11.3. The van der Waals surface area contributed by atoms with E-state index in [9.17, 15) is 14.0 Å². The first-order valence-corrected chi connectivity index (χ1v) is 15.3. The molecule has 0 saturated heterocycles. The molecule has 0 saturated carbocycles. The molecule has 1 amide bonds. The summed E-state index contributed by atoms with van der Waals surface area (Å²) < 4.78 is 17.5. The summed E-state index contributed by atoms with van der Waals surface area (Å²) in [7, 11) is 0. The number of carboxylic acid groups (broad SMARTS) is 1. The molecule has 238 valence electrons. The van der Waals surface area contributed by atoms with Gasteiger partial charge in [0, 0.05) is 29.9 Å². The molecule has 0 aliphatic heterocycles.